The van der Waals surface area contributed by atoms with Gasteiger partial charge in [-0.25, -0.2) is 0 Å². The Morgan fingerprint density at radius 1 is 0.488 bits per heavy atom. The van der Waals surface area contributed by atoms with Gasteiger partial charge in [0.15, 0.2) is 0 Å². The highest BCUT2D eigenvalue weighted by Crippen LogP contribution is 2.40. The standard InChI is InChI=1S/C39H44P2/c1-25-22-27-17-12-14-20-30(27)34(31-21-15-18-26-16-11-13-19-29(26)31)35(25)40-41-36-32(38(5,6)7)23-28(37(2,3)4)24-33(36)39(8,9)10/h11-24H,1-10H3. The molecule has 0 aliphatic heterocycles. The van der Waals surface area contributed by atoms with Gasteiger partial charge in [-0.1, -0.05) is 147 Å². The maximum absolute atomic E-state index is 2.51. The zero-order chi connectivity index (χ0) is 29.7. The summed E-state index contributed by atoms with van der Waals surface area (Å²) < 4.78 is 0. The van der Waals surface area contributed by atoms with E-state index >= 15 is 0 Å². The van der Waals surface area contributed by atoms with Gasteiger partial charge >= 0.3 is 0 Å². The Bertz CT molecular complexity index is 1740. The van der Waals surface area contributed by atoms with Gasteiger partial charge < -0.3 is 0 Å². The Morgan fingerprint density at radius 3 is 1.59 bits per heavy atom. The quantitative estimate of drug-likeness (QED) is 0.188. The molecule has 0 heterocycles. The average molecular weight is 575 g/mol. The molecule has 0 spiro atoms. The van der Waals surface area contributed by atoms with Crippen LogP contribution in [0.4, 0.5) is 0 Å². The Morgan fingerprint density at radius 2 is 1.00 bits per heavy atom. The smallest absolute Gasteiger partial charge is 0.0178 e. The third-order valence-corrected chi connectivity index (χ3v) is 11.2. The summed E-state index contributed by atoms with van der Waals surface area (Å²) >= 11 is 0. The Balaban J connectivity index is 1.85. The minimum absolute atomic E-state index is 0.0516. The first-order chi connectivity index (χ1) is 19.2. The van der Waals surface area contributed by atoms with Crippen LogP contribution in [0.1, 0.15) is 84.6 Å². The monoisotopic (exact) mass is 574 g/mol. The lowest BCUT2D eigenvalue weighted by molar-refractivity contribution is 0.554. The van der Waals surface area contributed by atoms with E-state index in [9.17, 15) is 0 Å². The zero-order valence-electron chi connectivity index (χ0n) is 26.5. The van der Waals surface area contributed by atoms with Crippen LogP contribution in [0.25, 0.3) is 32.7 Å². The molecule has 5 aromatic carbocycles. The highest BCUT2D eigenvalue weighted by Gasteiger charge is 2.28. The van der Waals surface area contributed by atoms with E-state index < -0.39 is 0 Å². The van der Waals surface area contributed by atoms with E-state index in [2.05, 4.69) is 154 Å². The Labute approximate surface area is 251 Å². The number of hydrogen-bond donors (Lipinski definition) is 0. The van der Waals surface area contributed by atoms with Gasteiger partial charge in [-0.05, 0) is 88.3 Å². The van der Waals surface area contributed by atoms with Gasteiger partial charge in [0.05, 0.1) is 0 Å². The third-order valence-electron chi connectivity index (χ3n) is 8.11. The van der Waals surface area contributed by atoms with Crippen molar-refractivity contribution in [1.29, 1.82) is 0 Å². The van der Waals surface area contributed by atoms with Crippen LogP contribution < -0.4 is 10.6 Å². The molecule has 0 fully saturated rings. The van der Waals surface area contributed by atoms with Crippen LogP contribution in [0.3, 0.4) is 0 Å². The SMILES string of the molecule is Cc1cc2ccccc2c(-c2cccc3ccccc23)c1P=Pc1c(C(C)(C)C)cc(C(C)(C)C)cc1C(C)(C)C. The fourth-order valence-corrected chi connectivity index (χ4v) is 9.54. The molecule has 0 aliphatic carbocycles. The summed E-state index contributed by atoms with van der Waals surface area (Å²) in [6, 6.07) is 31.9. The molecule has 0 bridgehead atoms. The van der Waals surface area contributed by atoms with E-state index in [1.54, 1.807) is 0 Å². The van der Waals surface area contributed by atoms with Crippen molar-refractivity contribution in [3.05, 3.63) is 107 Å². The molecule has 0 saturated carbocycles. The molecule has 0 radical (unpaired) electrons. The fourth-order valence-electron chi connectivity index (χ4n) is 5.74. The summed E-state index contributed by atoms with van der Waals surface area (Å²) in [7, 11) is 2.66. The number of hydrogen-bond acceptors (Lipinski definition) is 0. The molecule has 5 aromatic rings. The summed E-state index contributed by atoms with van der Waals surface area (Å²) in [4.78, 5) is 0. The molecule has 210 valence electrons. The third kappa shape index (κ3) is 5.93. The van der Waals surface area contributed by atoms with Gasteiger partial charge in [0, 0.05) is 16.2 Å². The lowest BCUT2D eigenvalue weighted by Crippen LogP contribution is -2.29. The molecule has 0 N–H and O–H groups in total. The number of rotatable bonds is 3. The summed E-state index contributed by atoms with van der Waals surface area (Å²) in [5, 5.41) is 8.18. The number of fused-ring (bicyclic) bond motifs is 2. The normalized spacial score (nSPS) is 13.0. The summed E-state index contributed by atoms with van der Waals surface area (Å²) in [5.74, 6) is 0. The lowest BCUT2D eigenvalue weighted by atomic mass is 9.75. The van der Waals surface area contributed by atoms with Crippen molar-refractivity contribution in [2.24, 2.45) is 0 Å². The van der Waals surface area contributed by atoms with E-state index in [-0.39, 0.29) is 16.2 Å². The molecule has 0 nitrogen and oxygen atoms in total. The van der Waals surface area contributed by atoms with Crippen molar-refractivity contribution in [2.45, 2.75) is 85.5 Å². The summed E-state index contributed by atoms with van der Waals surface area (Å²) in [5.41, 5.74) is 8.67. The highest BCUT2D eigenvalue weighted by atomic mass is 31.7. The Kier molecular flexibility index (Phi) is 7.83. The van der Waals surface area contributed by atoms with Gasteiger partial charge in [-0.3, -0.25) is 0 Å². The first kappa shape index (κ1) is 29.7. The van der Waals surface area contributed by atoms with E-state index in [0.29, 0.717) is 0 Å². The van der Waals surface area contributed by atoms with Gasteiger partial charge in [0.2, 0.25) is 0 Å². The molecule has 5 rings (SSSR count). The van der Waals surface area contributed by atoms with Crippen molar-refractivity contribution >= 4 is 47.9 Å². The lowest BCUT2D eigenvalue weighted by Gasteiger charge is -2.32. The average Bonchev–Trinajstić information content (AvgIpc) is 2.89. The molecular weight excluding hydrogens is 530 g/mol. The van der Waals surface area contributed by atoms with Crippen LogP contribution in [-0.4, -0.2) is 0 Å². The minimum atomic E-state index is 0.0516. The molecule has 41 heavy (non-hydrogen) atoms. The van der Waals surface area contributed by atoms with Crippen LogP contribution in [-0.2, 0) is 16.2 Å². The van der Waals surface area contributed by atoms with Crippen LogP contribution in [0.5, 0.6) is 0 Å². The molecule has 0 aromatic heterocycles. The van der Waals surface area contributed by atoms with E-state index in [1.165, 1.54) is 81.3 Å². The van der Waals surface area contributed by atoms with E-state index in [1.807, 2.05) is 0 Å². The molecule has 0 aliphatic rings. The predicted molar refractivity (Wildman–Crippen MR) is 187 cm³/mol. The molecule has 0 saturated heterocycles. The molecule has 0 amide bonds. The minimum Gasteiger partial charge on any atom is -0.0616 e. The van der Waals surface area contributed by atoms with Gasteiger partial charge in [-0.2, -0.15) is 0 Å². The maximum Gasteiger partial charge on any atom is 0.0178 e. The van der Waals surface area contributed by atoms with Gasteiger partial charge in [0.1, 0.15) is 0 Å². The maximum atomic E-state index is 2.51. The van der Waals surface area contributed by atoms with Crippen molar-refractivity contribution in [1.82, 2.24) is 0 Å². The van der Waals surface area contributed by atoms with Crippen molar-refractivity contribution < 1.29 is 0 Å². The van der Waals surface area contributed by atoms with Crippen LogP contribution in [0, 0.1) is 6.92 Å². The molecule has 0 atom stereocenters. The highest BCUT2D eigenvalue weighted by molar-refractivity contribution is 7.91. The fraction of sp³-hybridized carbons (Fsp3) is 0.333. The zero-order valence-corrected chi connectivity index (χ0v) is 28.3. The topological polar surface area (TPSA) is 0 Å². The second-order valence-electron chi connectivity index (χ2n) is 14.5. The Hall–Kier alpha value is -2.78. The van der Waals surface area contributed by atoms with Crippen LogP contribution >= 0.6 is 15.7 Å². The number of aryl methyl sites for hydroxylation is 1. The van der Waals surface area contributed by atoms with Gasteiger partial charge in [-0.15, -0.1) is 0 Å². The second-order valence-corrected chi connectivity index (χ2v) is 17.0. The van der Waals surface area contributed by atoms with Crippen molar-refractivity contribution in [3.63, 3.8) is 0 Å². The largest absolute Gasteiger partial charge is 0.0616 e. The van der Waals surface area contributed by atoms with Gasteiger partial charge in [0.25, 0.3) is 0 Å². The van der Waals surface area contributed by atoms with Crippen LogP contribution in [0.2, 0.25) is 0 Å². The predicted octanol–water partition coefficient (Wildman–Crippen LogP) is 11.6. The molecular formula is C39H44P2. The summed E-state index contributed by atoms with van der Waals surface area (Å²) in [6.07, 6.45) is 0. The first-order valence-corrected chi connectivity index (χ1v) is 17.3. The summed E-state index contributed by atoms with van der Waals surface area (Å²) in [6.45, 7) is 23.6. The second kappa shape index (κ2) is 10.8. The van der Waals surface area contributed by atoms with Crippen LogP contribution in [0.15, 0.2) is 84.9 Å². The van der Waals surface area contributed by atoms with E-state index in [0.717, 1.165) is 0 Å². The molecule has 0 unspecified atom stereocenters. The molecule has 2 heteroatoms. The number of benzene rings is 5. The van der Waals surface area contributed by atoms with Crippen molar-refractivity contribution in [3.8, 4) is 11.1 Å². The van der Waals surface area contributed by atoms with E-state index in [4.69, 9.17) is 0 Å². The van der Waals surface area contributed by atoms with Crippen molar-refractivity contribution in [2.75, 3.05) is 0 Å². The first-order valence-electron chi connectivity index (χ1n) is 14.8.